The van der Waals surface area contributed by atoms with Crippen LogP contribution in [0.1, 0.15) is 82.9 Å². The minimum atomic E-state index is -0.616. The van der Waals surface area contributed by atoms with Crippen LogP contribution in [0.15, 0.2) is 36.4 Å². The molecule has 212 valence electrons. The van der Waals surface area contributed by atoms with Crippen LogP contribution in [0.2, 0.25) is 5.02 Å². The van der Waals surface area contributed by atoms with Crippen molar-refractivity contribution in [2.75, 3.05) is 26.2 Å². The molecular weight excluding hydrogens is 520 g/mol. The molecule has 0 spiro atoms. The quantitative estimate of drug-likeness (QED) is 0.474. The van der Waals surface area contributed by atoms with E-state index < -0.39 is 23.1 Å². The Kier molecular flexibility index (Phi) is 8.44. The third-order valence-corrected chi connectivity index (χ3v) is 8.61. The molecule has 0 aromatic heterocycles. The zero-order valence-corrected chi connectivity index (χ0v) is 24.5. The Morgan fingerprint density at radius 1 is 0.949 bits per heavy atom. The molecule has 4 rings (SSSR count). The number of benzene rings is 2. The smallest absolute Gasteiger partial charge is 0.227 e. The van der Waals surface area contributed by atoms with E-state index in [0.717, 1.165) is 30.0 Å². The normalized spacial score (nSPS) is 21.3. The molecule has 2 saturated heterocycles. The number of likely N-dealkylation sites (tertiary alicyclic amines) is 2. The summed E-state index contributed by atoms with van der Waals surface area (Å²) >= 11 is 6.35. The zero-order chi connectivity index (χ0) is 28.7. The van der Waals surface area contributed by atoms with Gasteiger partial charge >= 0.3 is 0 Å². The van der Waals surface area contributed by atoms with Crippen LogP contribution >= 0.6 is 11.6 Å². The minimum Gasteiger partial charge on any atom is -0.347 e. The topological polar surface area (TPSA) is 52.7 Å². The van der Waals surface area contributed by atoms with Crippen LogP contribution in [0.4, 0.5) is 8.78 Å². The van der Waals surface area contributed by atoms with Gasteiger partial charge in [0.1, 0.15) is 11.6 Å². The van der Waals surface area contributed by atoms with Crippen molar-refractivity contribution in [2.24, 2.45) is 5.92 Å². The highest BCUT2D eigenvalue weighted by Gasteiger charge is 2.45. The van der Waals surface area contributed by atoms with Gasteiger partial charge in [-0.2, -0.15) is 0 Å². The Labute approximate surface area is 235 Å². The van der Waals surface area contributed by atoms with Crippen molar-refractivity contribution in [2.45, 2.75) is 77.3 Å². The van der Waals surface area contributed by atoms with Crippen molar-refractivity contribution in [1.82, 2.24) is 15.1 Å². The maximum atomic E-state index is 14.9. The molecule has 2 aromatic carbocycles. The first kappa shape index (κ1) is 29.5. The Bertz CT molecular complexity index is 1230. The van der Waals surface area contributed by atoms with Gasteiger partial charge in [-0.3, -0.25) is 14.5 Å². The molecule has 2 amide bonds. The zero-order valence-electron chi connectivity index (χ0n) is 23.8. The first-order chi connectivity index (χ1) is 18.2. The van der Waals surface area contributed by atoms with E-state index in [1.54, 1.807) is 0 Å². The van der Waals surface area contributed by atoms with Crippen LogP contribution < -0.4 is 5.32 Å². The first-order valence-corrected chi connectivity index (χ1v) is 14.1. The van der Waals surface area contributed by atoms with Gasteiger partial charge in [0, 0.05) is 55.6 Å². The fraction of sp³-hybridized carbons (Fsp3) is 0.548. The highest BCUT2D eigenvalue weighted by atomic mass is 35.5. The van der Waals surface area contributed by atoms with Crippen LogP contribution in [0.25, 0.3) is 0 Å². The van der Waals surface area contributed by atoms with E-state index >= 15 is 0 Å². The number of nitrogens with one attached hydrogen (secondary N) is 1. The van der Waals surface area contributed by atoms with Gasteiger partial charge in [0.25, 0.3) is 0 Å². The lowest BCUT2D eigenvalue weighted by atomic mass is 9.80. The third kappa shape index (κ3) is 6.46. The molecule has 0 unspecified atom stereocenters. The molecular formula is C31H40ClF2N3O2. The molecule has 0 saturated carbocycles. The Balaban J connectivity index is 1.53. The van der Waals surface area contributed by atoms with Gasteiger partial charge in [-0.1, -0.05) is 23.7 Å². The van der Waals surface area contributed by atoms with Crippen molar-refractivity contribution < 1.29 is 18.4 Å². The molecule has 2 aliphatic heterocycles. The molecule has 0 bridgehead atoms. The van der Waals surface area contributed by atoms with Crippen LogP contribution in [0.5, 0.6) is 0 Å². The van der Waals surface area contributed by atoms with E-state index in [1.807, 2.05) is 36.9 Å². The molecule has 2 heterocycles. The number of rotatable bonds is 5. The molecule has 0 aliphatic carbocycles. The molecule has 5 nitrogen and oxygen atoms in total. The van der Waals surface area contributed by atoms with Crippen LogP contribution in [-0.4, -0.2) is 53.3 Å². The number of carbonyl (C=O) groups excluding carboxylic acids is 2. The summed E-state index contributed by atoms with van der Waals surface area (Å²) in [5.41, 5.74) is 1.76. The van der Waals surface area contributed by atoms with Gasteiger partial charge in [0.05, 0.1) is 11.5 Å². The summed E-state index contributed by atoms with van der Waals surface area (Å²) in [4.78, 5) is 29.9. The lowest BCUT2D eigenvalue weighted by Crippen LogP contribution is -2.45. The fourth-order valence-electron chi connectivity index (χ4n) is 6.30. The number of nitrogens with zero attached hydrogens (tertiary/aromatic N) is 2. The van der Waals surface area contributed by atoms with Crippen molar-refractivity contribution in [3.8, 4) is 0 Å². The van der Waals surface area contributed by atoms with E-state index in [4.69, 9.17) is 11.6 Å². The van der Waals surface area contributed by atoms with Gasteiger partial charge in [0.15, 0.2) is 0 Å². The van der Waals surface area contributed by atoms with Crippen molar-refractivity contribution >= 4 is 23.4 Å². The number of carbonyl (C=O) groups is 2. The van der Waals surface area contributed by atoms with E-state index in [1.165, 1.54) is 19.1 Å². The molecule has 39 heavy (non-hydrogen) atoms. The van der Waals surface area contributed by atoms with Crippen molar-refractivity contribution in [3.05, 3.63) is 69.7 Å². The number of halogens is 3. The molecule has 2 atom stereocenters. The summed E-state index contributed by atoms with van der Waals surface area (Å²) in [5, 5.41) is 3.64. The SMILES string of the molecule is CC(=O)NC(C)(C)c1cc(Cl)ccc1C1CCN(C(=O)[C@@H]2CN(C(C)(C)C)C[C@H]2c2ccc(F)cc2F)CC1. The van der Waals surface area contributed by atoms with Crippen LogP contribution in [0.3, 0.4) is 0 Å². The van der Waals surface area contributed by atoms with E-state index in [9.17, 15) is 18.4 Å². The van der Waals surface area contributed by atoms with Gasteiger partial charge in [-0.25, -0.2) is 8.78 Å². The monoisotopic (exact) mass is 559 g/mol. The van der Waals surface area contributed by atoms with Gasteiger partial charge in [0.2, 0.25) is 11.8 Å². The van der Waals surface area contributed by atoms with E-state index in [0.29, 0.717) is 36.8 Å². The summed E-state index contributed by atoms with van der Waals surface area (Å²) < 4.78 is 28.5. The maximum absolute atomic E-state index is 14.9. The van der Waals surface area contributed by atoms with Gasteiger partial charge < -0.3 is 10.2 Å². The molecule has 2 aromatic rings. The number of hydrogen-bond acceptors (Lipinski definition) is 3. The maximum Gasteiger partial charge on any atom is 0.227 e. The second-order valence-corrected chi connectivity index (χ2v) is 13.0. The summed E-state index contributed by atoms with van der Waals surface area (Å²) in [5.74, 6) is -1.81. The number of piperidine rings is 1. The molecule has 2 aliphatic rings. The second kappa shape index (κ2) is 11.2. The molecule has 2 fully saturated rings. The predicted molar refractivity (Wildman–Crippen MR) is 151 cm³/mol. The number of hydrogen-bond donors (Lipinski definition) is 1. The number of amides is 2. The summed E-state index contributed by atoms with van der Waals surface area (Å²) in [6.07, 6.45) is 1.56. The standard InChI is InChI=1S/C31H40ClF2N3O2/c1-19(38)35-31(5,6)27-15-21(32)7-9-23(27)20-11-13-36(14-12-20)29(39)26-18-37(30(2,3)4)17-25(26)24-10-8-22(33)16-28(24)34/h7-10,15-16,20,25-26H,11-14,17-18H2,1-6H3,(H,35,38)/t25-,26+/m0/s1. The fourth-order valence-corrected chi connectivity index (χ4v) is 6.47. The highest BCUT2D eigenvalue weighted by Crippen LogP contribution is 2.41. The van der Waals surface area contributed by atoms with Crippen molar-refractivity contribution in [1.29, 1.82) is 0 Å². The third-order valence-electron chi connectivity index (χ3n) is 8.37. The van der Waals surface area contributed by atoms with Crippen molar-refractivity contribution in [3.63, 3.8) is 0 Å². The second-order valence-electron chi connectivity index (χ2n) is 12.6. The Morgan fingerprint density at radius 3 is 2.18 bits per heavy atom. The largest absolute Gasteiger partial charge is 0.347 e. The Hall–Kier alpha value is -2.51. The average molecular weight is 560 g/mol. The average Bonchev–Trinajstić information content (AvgIpc) is 3.29. The summed E-state index contributed by atoms with van der Waals surface area (Å²) in [6, 6.07) is 9.52. The lowest BCUT2D eigenvalue weighted by molar-refractivity contribution is -0.136. The highest BCUT2D eigenvalue weighted by molar-refractivity contribution is 6.30. The van der Waals surface area contributed by atoms with Crippen LogP contribution in [0, 0.1) is 17.6 Å². The molecule has 1 N–H and O–H groups in total. The lowest BCUT2D eigenvalue weighted by Gasteiger charge is -2.37. The van der Waals surface area contributed by atoms with E-state index in [-0.39, 0.29) is 29.2 Å². The summed E-state index contributed by atoms with van der Waals surface area (Å²) in [7, 11) is 0. The summed E-state index contributed by atoms with van der Waals surface area (Å²) in [6.45, 7) is 14.0. The molecule has 0 radical (unpaired) electrons. The van der Waals surface area contributed by atoms with Gasteiger partial charge in [-0.15, -0.1) is 0 Å². The van der Waals surface area contributed by atoms with Gasteiger partial charge in [-0.05, 0) is 88.3 Å². The Morgan fingerprint density at radius 2 is 1.59 bits per heavy atom. The first-order valence-electron chi connectivity index (χ1n) is 13.7. The minimum absolute atomic E-state index is 0.0313. The van der Waals surface area contributed by atoms with E-state index in [2.05, 4.69) is 31.0 Å². The molecule has 8 heteroatoms. The predicted octanol–water partition coefficient (Wildman–Crippen LogP) is 6.21. The van der Waals surface area contributed by atoms with Crippen LogP contribution in [-0.2, 0) is 15.1 Å².